The largest absolute Gasteiger partial charge is 0.497 e. The van der Waals surface area contributed by atoms with Crippen molar-refractivity contribution in [1.82, 2.24) is 19.7 Å². The number of pyridine rings is 1. The molecule has 192 valence electrons. The summed E-state index contributed by atoms with van der Waals surface area (Å²) in [6, 6.07) is 14.0. The number of fused-ring (bicyclic) bond motifs is 1. The number of hydrogen-bond acceptors (Lipinski definition) is 9. The third-order valence-electron chi connectivity index (χ3n) is 6.02. The van der Waals surface area contributed by atoms with Gasteiger partial charge in [0.25, 0.3) is 11.6 Å². The van der Waals surface area contributed by atoms with Crippen molar-refractivity contribution < 1.29 is 19.2 Å². The summed E-state index contributed by atoms with van der Waals surface area (Å²) >= 11 is 0. The number of carbonyl (C=O) groups excluding carboxylic acids is 1. The Morgan fingerprint density at radius 1 is 1.11 bits per heavy atom. The molecule has 4 aromatic rings. The SMILES string of the molecule is COc1cc(OC)cc(-c2nc3n(n2)C(c2cccc([N+](=O)[O-])c2)C(C(=O)Nc2cccnc2)=C(C)N3)c1. The molecule has 0 bridgehead atoms. The lowest BCUT2D eigenvalue weighted by atomic mass is 9.94. The molecule has 2 N–H and O–H groups in total. The molecule has 0 saturated heterocycles. The van der Waals surface area contributed by atoms with Crippen LogP contribution in [0.3, 0.4) is 0 Å². The van der Waals surface area contributed by atoms with Crippen molar-refractivity contribution in [3.63, 3.8) is 0 Å². The number of rotatable bonds is 7. The molecule has 0 saturated carbocycles. The first kappa shape index (κ1) is 24.4. The standard InChI is InChI=1S/C26H23N7O5/c1-15-22(25(34)29-18-7-5-9-27-14-18)23(16-6-4-8-19(10-16)33(35)36)32-26(28-15)30-24(31-32)17-11-20(37-2)13-21(12-17)38-3/h4-14,23H,1-3H3,(H,29,34)(H,28,30,31). The zero-order valence-corrected chi connectivity index (χ0v) is 20.7. The van der Waals surface area contributed by atoms with Gasteiger partial charge in [-0.25, -0.2) is 4.68 Å². The predicted molar refractivity (Wildman–Crippen MR) is 139 cm³/mol. The van der Waals surface area contributed by atoms with Gasteiger partial charge in [-0.15, -0.1) is 5.10 Å². The van der Waals surface area contributed by atoms with E-state index >= 15 is 0 Å². The molecule has 1 aliphatic rings. The average molecular weight is 514 g/mol. The summed E-state index contributed by atoms with van der Waals surface area (Å²) in [6.45, 7) is 1.74. The Hall–Kier alpha value is -5.26. The summed E-state index contributed by atoms with van der Waals surface area (Å²) in [5.74, 6) is 1.42. The first-order valence-electron chi connectivity index (χ1n) is 11.5. The minimum Gasteiger partial charge on any atom is -0.497 e. The monoisotopic (exact) mass is 513 g/mol. The number of nitro benzene ring substituents is 1. The molecule has 2 aromatic heterocycles. The van der Waals surface area contributed by atoms with Gasteiger partial charge in [0.05, 0.1) is 36.6 Å². The van der Waals surface area contributed by atoms with Crippen molar-refractivity contribution in [3.8, 4) is 22.9 Å². The van der Waals surface area contributed by atoms with Crippen LogP contribution in [0.1, 0.15) is 18.5 Å². The fourth-order valence-electron chi connectivity index (χ4n) is 4.26. The fraction of sp³-hybridized carbons (Fsp3) is 0.154. The Bertz CT molecular complexity index is 1540. The van der Waals surface area contributed by atoms with Crippen molar-refractivity contribution in [2.75, 3.05) is 24.9 Å². The average Bonchev–Trinajstić information content (AvgIpc) is 3.36. The van der Waals surface area contributed by atoms with Crippen molar-refractivity contribution in [2.24, 2.45) is 0 Å². The molecule has 3 heterocycles. The molecule has 1 aliphatic heterocycles. The molecule has 1 amide bonds. The minimum atomic E-state index is -0.809. The maximum Gasteiger partial charge on any atom is 0.269 e. The Kier molecular flexibility index (Phi) is 6.44. The minimum absolute atomic E-state index is 0.106. The molecule has 0 radical (unpaired) electrons. The molecule has 5 rings (SSSR count). The van der Waals surface area contributed by atoms with Crippen molar-refractivity contribution in [1.29, 1.82) is 0 Å². The van der Waals surface area contributed by atoms with Gasteiger partial charge in [0.2, 0.25) is 5.95 Å². The Labute approximate surface area is 217 Å². The van der Waals surface area contributed by atoms with Crippen LogP contribution in [0, 0.1) is 10.1 Å². The smallest absolute Gasteiger partial charge is 0.269 e. The number of anilines is 2. The Morgan fingerprint density at radius 2 is 1.87 bits per heavy atom. The highest BCUT2D eigenvalue weighted by molar-refractivity contribution is 6.06. The summed E-state index contributed by atoms with van der Waals surface area (Å²) in [7, 11) is 3.09. The summed E-state index contributed by atoms with van der Waals surface area (Å²) in [5.41, 5.74) is 2.37. The lowest BCUT2D eigenvalue weighted by molar-refractivity contribution is -0.384. The number of nitro groups is 1. The summed E-state index contributed by atoms with van der Waals surface area (Å²) in [5, 5.41) is 22.3. The summed E-state index contributed by atoms with van der Waals surface area (Å²) in [6.07, 6.45) is 3.13. The van der Waals surface area contributed by atoms with E-state index in [0.717, 1.165) is 0 Å². The van der Waals surface area contributed by atoms with Gasteiger partial charge in [0.1, 0.15) is 17.5 Å². The number of carbonyl (C=O) groups is 1. The number of benzene rings is 2. The Balaban J connectivity index is 1.64. The normalized spacial score (nSPS) is 14.3. The van der Waals surface area contributed by atoms with Crippen molar-refractivity contribution >= 4 is 23.2 Å². The highest BCUT2D eigenvalue weighted by Gasteiger charge is 2.35. The van der Waals surface area contributed by atoms with Crippen LogP contribution < -0.4 is 20.1 Å². The molecule has 0 aliphatic carbocycles. The topological polar surface area (TPSA) is 146 Å². The van der Waals surface area contributed by atoms with Gasteiger partial charge in [-0.3, -0.25) is 19.9 Å². The maximum atomic E-state index is 13.6. The number of allylic oxidation sites excluding steroid dienone is 1. The predicted octanol–water partition coefficient (Wildman–Crippen LogP) is 4.19. The van der Waals surface area contributed by atoms with E-state index in [1.807, 2.05) is 0 Å². The molecule has 12 heteroatoms. The van der Waals surface area contributed by atoms with Crippen LogP contribution in [0.2, 0.25) is 0 Å². The summed E-state index contributed by atoms with van der Waals surface area (Å²) in [4.78, 5) is 33.3. The highest BCUT2D eigenvalue weighted by atomic mass is 16.6. The number of nitrogens with one attached hydrogen (secondary N) is 2. The lowest BCUT2D eigenvalue weighted by Gasteiger charge is -2.28. The first-order valence-corrected chi connectivity index (χ1v) is 11.5. The van der Waals surface area contributed by atoms with Crippen molar-refractivity contribution in [3.05, 3.63) is 93.9 Å². The second kappa shape index (κ2) is 10.0. The number of hydrogen-bond donors (Lipinski definition) is 2. The van der Waals surface area contributed by atoms with E-state index in [0.29, 0.717) is 51.4 Å². The second-order valence-corrected chi connectivity index (χ2v) is 8.42. The number of amides is 1. The van der Waals surface area contributed by atoms with Crippen LogP contribution in [-0.4, -0.2) is 44.8 Å². The third kappa shape index (κ3) is 4.62. The van der Waals surface area contributed by atoms with E-state index in [2.05, 4.69) is 20.6 Å². The van der Waals surface area contributed by atoms with Crippen LogP contribution in [0.15, 0.2) is 78.3 Å². The molecule has 0 fully saturated rings. The quantitative estimate of drug-likeness (QED) is 0.274. The Morgan fingerprint density at radius 3 is 2.53 bits per heavy atom. The first-order chi connectivity index (χ1) is 18.4. The van der Waals surface area contributed by atoms with Crippen LogP contribution in [0.5, 0.6) is 11.5 Å². The molecule has 1 unspecified atom stereocenters. The second-order valence-electron chi connectivity index (χ2n) is 8.42. The van der Waals surface area contributed by atoms with E-state index in [4.69, 9.17) is 14.6 Å². The van der Waals surface area contributed by atoms with E-state index < -0.39 is 16.9 Å². The van der Waals surface area contributed by atoms with Gasteiger partial charge in [-0.1, -0.05) is 12.1 Å². The van der Waals surface area contributed by atoms with Gasteiger partial charge in [-0.2, -0.15) is 4.98 Å². The third-order valence-corrected chi connectivity index (χ3v) is 6.02. The van der Waals surface area contributed by atoms with Gasteiger partial charge < -0.3 is 20.1 Å². The number of ether oxygens (including phenoxy) is 2. The van der Waals surface area contributed by atoms with E-state index in [1.165, 1.54) is 18.3 Å². The van der Waals surface area contributed by atoms with Crippen LogP contribution in [0.4, 0.5) is 17.3 Å². The maximum absolute atomic E-state index is 13.6. The lowest BCUT2D eigenvalue weighted by Crippen LogP contribution is -2.31. The number of nitrogens with zero attached hydrogens (tertiary/aromatic N) is 5. The fourth-order valence-corrected chi connectivity index (χ4v) is 4.26. The van der Waals surface area contributed by atoms with Crippen LogP contribution in [0.25, 0.3) is 11.4 Å². The van der Waals surface area contributed by atoms with Crippen LogP contribution >= 0.6 is 0 Å². The summed E-state index contributed by atoms with van der Waals surface area (Å²) < 4.78 is 12.3. The zero-order chi connectivity index (χ0) is 26.8. The molecular weight excluding hydrogens is 490 g/mol. The van der Waals surface area contributed by atoms with Crippen molar-refractivity contribution in [2.45, 2.75) is 13.0 Å². The van der Waals surface area contributed by atoms with Gasteiger partial charge in [-0.05, 0) is 36.8 Å². The van der Waals surface area contributed by atoms with Crippen LogP contribution in [-0.2, 0) is 4.79 Å². The van der Waals surface area contributed by atoms with E-state index in [-0.39, 0.29) is 5.69 Å². The van der Waals surface area contributed by atoms with E-state index in [9.17, 15) is 14.9 Å². The molecule has 0 spiro atoms. The molecule has 12 nitrogen and oxygen atoms in total. The van der Waals surface area contributed by atoms with Gasteiger partial charge in [0.15, 0.2) is 5.82 Å². The van der Waals surface area contributed by atoms with Gasteiger partial charge >= 0.3 is 0 Å². The molecule has 2 aromatic carbocycles. The molecule has 1 atom stereocenters. The number of aromatic nitrogens is 4. The number of methoxy groups -OCH3 is 2. The molecule has 38 heavy (non-hydrogen) atoms. The number of non-ortho nitro benzene ring substituents is 1. The van der Waals surface area contributed by atoms with E-state index in [1.54, 1.807) is 74.5 Å². The molecular formula is C26H23N7O5. The zero-order valence-electron chi connectivity index (χ0n) is 20.7. The highest BCUT2D eigenvalue weighted by Crippen LogP contribution is 2.38. The van der Waals surface area contributed by atoms with Gasteiger partial charge in [0, 0.05) is 35.7 Å².